The van der Waals surface area contributed by atoms with Gasteiger partial charge in [-0.2, -0.15) is 0 Å². The van der Waals surface area contributed by atoms with Crippen molar-refractivity contribution in [2.45, 2.75) is 33.1 Å². The molecule has 0 saturated carbocycles. The molecule has 0 aliphatic carbocycles. The minimum absolute atomic E-state index is 0.0144. The van der Waals surface area contributed by atoms with E-state index in [9.17, 15) is 9.59 Å². The molecule has 5 nitrogen and oxygen atoms in total. The van der Waals surface area contributed by atoms with Crippen LogP contribution < -0.4 is 16.0 Å². The first-order chi connectivity index (χ1) is 12.5. The van der Waals surface area contributed by atoms with Crippen molar-refractivity contribution in [3.05, 3.63) is 59.7 Å². The minimum Gasteiger partial charge on any atom is -0.332 e. The Labute approximate surface area is 159 Å². The molecule has 136 valence electrons. The molecule has 0 saturated heterocycles. The van der Waals surface area contributed by atoms with Crippen molar-refractivity contribution >= 4 is 40.5 Å². The third-order valence-electron chi connectivity index (χ3n) is 3.78. The fraction of sp³-hybridized carbons (Fsp3) is 0.250. The lowest BCUT2D eigenvalue weighted by Gasteiger charge is -2.12. The molecule has 0 fully saturated rings. The van der Waals surface area contributed by atoms with Crippen LogP contribution in [0.3, 0.4) is 0 Å². The molecule has 0 unspecified atom stereocenters. The number of carbonyl (C=O) groups is 2. The molecule has 0 aliphatic rings. The maximum atomic E-state index is 12.3. The number of amides is 2. The van der Waals surface area contributed by atoms with Crippen LogP contribution in [0, 0.1) is 6.92 Å². The number of thiocarbonyl (C=S) groups is 1. The number of rotatable bonds is 6. The van der Waals surface area contributed by atoms with Gasteiger partial charge in [0.1, 0.15) is 0 Å². The van der Waals surface area contributed by atoms with Gasteiger partial charge in [0.05, 0.1) is 0 Å². The molecule has 2 amide bonds. The van der Waals surface area contributed by atoms with Gasteiger partial charge in [-0.15, -0.1) is 0 Å². The summed E-state index contributed by atoms with van der Waals surface area (Å²) in [4.78, 5) is 24.1. The third-order valence-corrected chi connectivity index (χ3v) is 3.98. The summed E-state index contributed by atoms with van der Waals surface area (Å²) in [5, 5.41) is 8.69. The molecule has 0 spiro atoms. The van der Waals surface area contributed by atoms with E-state index in [1.807, 2.05) is 50.2 Å². The van der Waals surface area contributed by atoms with E-state index in [1.54, 1.807) is 12.1 Å². The van der Waals surface area contributed by atoms with E-state index in [2.05, 4.69) is 16.0 Å². The van der Waals surface area contributed by atoms with E-state index in [-0.39, 0.29) is 16.9 Å². The molecule has 0 heterocycles. The molecule has 2 aromatic rings. The molecule has 26 heavy (non-hydrogen) atoms. The summed E-state index contributed by atoms with van der Waals surface area (Å²) in [6.45, 7) is 3.92. The maximum absolute atomic E-state index is 12.3. The van der Waals surface area contributed by atoms with Crippen molar-refractivity contribution in [2.24, 2.45) is 0 Å². The summed E-state index contributed by atoms with van der Waals surface area (Å²) in [6.07, 6.45) is 2.34. The first-order valence-corrected chi connectivity index (χ1v) is 8.98. The standard InChI is InChI=1S/C20H23N3O2S/c1-3-4-12-18(24)21-15-9-7-10-16(13-15)22-20(26)23-19(25)17-11-6-5-8-14(17)2/h5-11,13H,3-4,12H2,1-2H3,(H,21,24)(H2,22,23,25,26). The third kappa shape index (κ3) is 5.97. The van der Waals surface area contributed by atoms with Crippen LogP contribution in [0.2, 0.25) is 0 Å². The fourth-order valence-corrected chi connectivity index (χ4v) is 2.61. The second-order valence-corrected chi connectivity index (χ2v) is 6.36. The normalized spacial score (nSPS) is 10.1. The molecule has 2 rings (SSSR count). The van der Waals surface area contributed by atoms with E-state index in [4.69, 9.17) is 12.2 Å². The van der Waals surface area contributed by atoms with Gasteiger partial charge in [0.25, 0.3) is 5.91 Å². The van der Waals surface area contributed by atoms with E-state index in [0.29, 0.717) is 23.4 Å². The lowest BCUT2D eigenvalue weighted by molar-refractivity contribution is -0.116. The number of nitrogens with one attached hydrogen (secondary N) is 3. The highest BCUT2D eigenvalue weighted by molar-refractivity contribution is 7.80. The van der Waals surface area contributed by atoms with Gasteiger partial charge in [-0.25, -0.2) is 0 Å². The summed E-state index contributed by atoms with van der Waals surface area (Å²) in [5.74, 6) is -0.274. The van der Waals surface area contributed by atoms with Gasteiger partial charge in [0, 0.05) is 23.4 Å². The molecule has 0 atom stereocenters. The highest BCUT2D eigenvalue weighted by Gasteiger charge is 2.10. The number of hydrogen-bond donors (Lipinski definition) is 3. The average molecular weight is 369 g/mol. The number of benzene rings is 2. The Kier molecular flexibility index (Phi) is 7.29. The van der Waals surface area contributed by atoms with Crippen LogP contribution in [0.25, 0.3) is 0 Å². The van der Waals surface area contributed by atoms with E-state index >= 15 is 0 Å². The van der Waals surface area contributed by atoms with Gasteiger partial charge in [-0.05, 0) is 55.4 Å². The van der Waals surface area contributed by atoms with E-state index in [1.165, 1.54) is 0 Å². The lowest BCUT2D eigenvalue weighted by atomic mass is 10.1. The Morgan fingerprint density at radius 1 is 1.00 bits per heavy atom. The molecule has 6 heteroatoms. The van der Waals surface area contributed by atoms with Crippen LogP contribution in [-0.4, -0.2) is 16.9 Å². The Bertz CT molecular complexity index is 805. The lowest BCUT2D eigenvalue weighted by Crippen LogP contribution is -2.34. The Morgan fingerprint density at radius 2 is 1.69 bits per heavy atom. The fourth-order valence-electron chi connectivity index (χ4n) is 2.40. The molecule has 2 aromatic carbocycles. The average Bonchev–Trinajstić information content (AvgIpc) is 2.60. The van der Waals surface area contributed by atoms with Crippen LogP contribution in [-0.2, 0) is 4.79 Å². The number of unbranched alkanes of at least 4 members (excludes halogenated alkanes) is 1. The summed E-state index contributed by atoms with van der Waals surface area (Å²) in [5.41, 5.74) is 2.83. The zero-order valence-corrected chi connectivity index (χ0v) is 15.8. The highest BCUT2D eigenvalue weighted by Crippen LogP contribution is 2.16. The summed E-state index contributed by atoms with van der Waals surface area (Å²) in [7, 11) is 0. The SMILES string of the molecule is CCCCC(=O)Nc1cccc(NC(=S)NC(=O)c2ccccc2C)c1. The van der Waals surface area contributed by atoms with Crippen LogP contribution in [0.15, 0.2) is 48.5 Å². The predicted molar refractivity (Wildman–Crippen MR) is 109 cm³/mol. The van der Waals surface area contributed by atoms with Crippen LogP contribution in [0.4, 0.5) is 11.4 Å². The summed E-state index contributed by atoms with van der Waals surface area (Å²) < 4.78 is 0. The topological polar surface area (TPSA) is 70.2 Å². The first-order valence-electron chi connectivity index (χ1n) is 8.57. The zero-order valence-electron chi connectivity index (χ0n) is 15.0. The smallest absolute Gasteiger partial charge is 0.257 e. The van der Waals surface area contributed by atoms with E-state index < -0.39 is 0 Å². The summed E-state index contributed by atoms with van der Waals surface area (Å²) >= 11 is 5.21. The van der Waals surface area contributed by atoms with Crippen molar-refractivity contribution in [2.75, 3.05) is 10.6 Å². The Morgan fingerprint density at radius 3 is 2.38 bits per heavy atom. The minimum atomic E-state index is -0.260. The molecule has 3 N–H and O–H groups in total. The van der Waals surface area contributed by atoms with Gasteiger partial charge in [-0.1, -0.05) is 37.6 Å². The van der Waals surface area contributed by atoms with Crippen LogP contribution in [0.5, 0.6) is 0 Å². The van der Waals surface area contributed by atoms with Crippen LogP contribution in [0.1, 0.15) is 42.1 Å². The van der Waals surface area contributed by atoms with Gasteiger partial charge in [0.15, 0.2) is 5.11 Å². The maximum Gasteiger partial charge on any atom is 0.257 e. The van der Waals surface area contributed by atoms with Gasteiger partial charge < -0.3 is 10.6 Å². The van der Waals surface area contributed by atoms with E-state index in [0.717, 1.165) is 18.4 Å². The van der Waals surface area contributed by atoms with Gasteiger partial charge >= 0.3 is 0 Å². The van der Waals surface area contributed by atoms with Crippen molar-refractivity contribution in [1.82, 2.24) is 5.32 Å². The largest absolute Gasteiger partial charge is 0.332 e. The second kappa shape index (κ2) is 9.68. The second-order valence-electron chi connectivity index (χ2n) is 5.96. The Balaban J connectivity index is 1.94. The molecule has 0 bridgehead atoms. The number of carbonyl (C=O) groups excluding carboxylic acids is 2. The highest BCUT2D eigenvalue weighted by atomic mass is 32.1. The number of hydrogen-bond acceptors (Lipinski definition) is 3. The molecular formula is C20H23N3O2S. The number of aryl methyl sites for hydroxylation is 1. The summed E-state index contributed by atoms with van der Waals surface area (Å²) in [6, 6.07) is 14.5. The molecule has 0 aliphatic heterocycles. The van der Waals surface area contributed by atoms with Gasteiger partial charge in [0.2, 0.25) is 5.91 Å². The zero-order chi connectivity index (χ0) is 18.9. The quantitative estimate of drug-likeness (QED) is 0.666. The van der Waals surface area contributed by atoms with Crippen molar-refractivity contribution in [3.63, 3.8) is 0 Å². The Hall–Kier alpha value is -2.73. The molecule has 0 radical (unpaired) electrons. The molecular weight excluding hydrogens is 346 g/mol. The number of anilines is 2. The first kappa shape index (κ1) is 19.6. The monoisotopic (exact) mass is 369 g/mol. The molecule has 0 aromatic heterocycles. The predicted octanol–water partition coefficient (Wildman–Crippen LogP) is 4.25. The van der Waals surface area contributed by atoms with Crippen molar-refractivity contribution in [3.8, 4) is 0 Å². The van der Waals surface area contributed by atoms with Gasteiger partial charge in [-0.3, -0.25) is 14.9 Å². The van der Waals surface area contributed by atoms with Crippen molar-refractivity contribution in [1.29, 1.82) is 0 Å². The van der Waals surface area contributed by atoms with Crippen LogP contribution >= 0.6 is 12.2 Å². The van der Waals surface area contributed by atoms with Crippen molar-refractivity contribution < 1.29 is 9.59 Å².